The lowest BCUT2D eigenvalue weighted by Crippen LogP contribution is -2.52. The van der Waals surface area contributed by atoms with Crippen LogP contribution >= 0.6 is 0 Å². The number of rotatable bonds is 6. The number of carboxylic acid groups (broad SMARTS) is 1. The summed E-state index contributed by atoms with van der Waals surface area (Å²) in [4.78, 5) is 57.3. The van der Waals surface area contributed by atoms with Crippen LogP contribution < -0.4 is 11.1 Å². The Balaban J connectivity index is 0.000000995. The van der Waals surface area contributed by atoms with Gasteiger partial charge in [0.15, 0.2) is 0 Å². The molecule has 1 saturated heterocycles. The summed E-state index contributed by atoms with van der Waals surface area (Å²) in [5.41, 5.74) is 3.65. The van der Waals surface area contributed by atoms with Crippen molar-refractivity contribution in [1.82, 2.24) is 10.2 Å². The van der Waals surface area contributed by atoms with Crippen LogP contribution in [0.4, 0.5) is 9.59 Å². The van der Waals surface area contributed by atoms with Crippen molar-refractivity contribution in [2.75, 3.05) is 6.54 Å². The molecule has 1 aliphatic heterocycles. The third-order valence-corrected chi connectivity index (χ3v) is 3.65. The highest BCUT2D eigenvalue weighted by molar-refractivity contribution is 6.04. The van der Waals surface area contributed by atoms with Gasteiger partial charge in [-0.25, -0.2) is 14.4 Å². The predicted octanol–water partition coefficient (Wildman–Crippen LogP) is 1.13. The van der Waals surface area contributed by atoms with E-state index in [1.54, 1.807) is 41.5 Å². The van der Waals surface area contributed by atoms with Gasteiger partial charge in [0.05, 0.1) is 6.42 Å². The lowest BCUT2D eigenvalue weighted by atomic mass is 10.1. The molecule has 1 unspecified atom stereocenters. The molecule has 1 aliphatic rings. The maximum absolute atomic E-state index is 12.4. The number of nitrogens with zero attached hydrogens (tertiary/aromatic N) is 1. The molecule has 0 aromatic heterocycles. The van der Waals surface area contributed by atoms with Crippen molar-refractivity contribution >= 4 is 30.0 Å². The lowest BCUT2D eigenvalue weighted by Gasteiger charge is -2.31. The van der Waals surface area contributed by atoms with Gasteiger partial charge in [0.25, 0.3) is 5.91 Å². The van der Waals surface area contributed by atoms with E-state index in [4.69, 9.17) is 20.3 Å². The van der Waals surface area contributed by atoms with Gasteiger partial charge in [-0.3, -0.25) is 14.9 Å². The predicted molar refractivity (Wildman–Crippen MR) is 112 cm³/mol. The average molecular weight is 462 g/mol. The van der Waals surface area contributed by atoms with Crippen molar-refractivity contribution in [3.05, 3.63) is 0 Å². The Bertz CT molecular complexity index is 667. The number of nitrogens with one attached hydrogen (secondary N) is 1. The molecule has 12 nitrogen and oxygen atoms in total. The molecule has 4 amide bonds. The van der Waals surface area contributed by atoms with Crippen molar-refractivity contribution in [3.8, 4) is 0 Å². The van der Waals surface area contributed by atoms with Crippen molar-refractivity contribution in [2.45, 2.75) is 90.6 Å². The molecule has 12 heteroatoms. The Morgan fingerprint density at radius 1 is 1.06 bits per heavy atom. The Morgan fingerprint density at radius 3 is 1.78 bits per heavy atom. The SMILES string of the molecule is CC(C)(C)OC(=O)N(C(=O)OC(C)(C)C)[C@@H](CCCCN)C(=O)O.O=C1CC(O)C(=O)N1. The fourth-order valence-electron chi connectivity index (χ4n) is 2.34. The second-order valence-corrected chi connectivity index (χ2v) is 9.10. The minimum atomic E-state index is -1.37. The van der Waals surface area contributed by atoms with Crippen LogP contribution in [0, 0.1) is 0 Å². The van der Waals surface area contributed by atoms with E-state index in [9.17, 15) is 29.1 Å². The van der Waals surface area contributed by atoms with E-state index >= 15 is 0 Å². The molecule has 0 aliphatic carbocycles. The molecule has 1 fully saturated rings. The number of amides is 4. The van der Waals surface area contributed by atoms with E-state index in [1.165, 1.54) is 0 Å². The second kappa shape index (κ2) is 12.3. The lowest BCUT2D eigenvalue weighted by molar-refractivity contribution is -0.143. The number of hydrogen-bond donors (Lipinski definition) is 4. The van der Waals surface area contributed by atoms with Crippen molar-refractivity contribution in [3.63, 3.8) is 0 Å². The van der Waals surface area contributed by atoms with Crippen LogP contribution in [0.2, 0.25) is 0 Å². The topological polar surface area (TPSA) is 186 Å². The Morgan fingerprint density at radius 2 is 1.53 bits per heavy atom. The van der Waals surface area contributed by atoms with Crippen LogP contribution in [0.1, 0.15) is 67.2 Å². The van der Waals surface area contributed by atoms with E-state index in [2.05, 4.69) is 0 Å². The largest absolute Gasteiger partial charge is 0.480 e. The Labute approximate surface area is 187 Å². The van der Waals surface area contributed by atoms with Gasteiger partial charge in [0, 0.05) is 0 Å². The van der Waals surface area contributed by atoms with Crippen LogP contribution in [0.5, 0.6) is 0 Å². The van der Waals surface area contributed by atoms with Crippen LogP contribution in [-0.4, -0.2) is 75.0 Å². The first-order valence-corrected chi connectivity index (χ1v) is 10.2. The molecule has 0 aromatic rings. The molecule has 0 radical (unpaired) electrons. The number of aliphatic hydroxyl groups excluding tert-OH is 1. The number of hydrogen-bond acceptors (Lipinski definition) is 9. The molecule has 0 aromatic carbocycles. The highest BCUT2D eigenvalue weighted by Crippen LogP contribution is 2.19. The molecule has 0 bridgehead atoms. The Hall–Kier alpha value is -2.73. The molecule has 184 valence electrons. The summed E-state index contributed by atoms with van der Waals surface area (Å²) in [6.45, 7) is 10.2. The van der Waals surface area contributed by atoms with E-state index in [0.717, 1.165) is 0 Å². The summed E-state index contributed by atoms with van der Waals surface area (Å²) in [5.74, 6) is -2.29. The number of aliphatic carboxylic acids is 1. The minimum Gasteiger partial charge on any atom is -0.480 e. The summed E-state index contributed by atoms with van der Waals surface area (Å²) in [6.07, 6.45) is -2.17. The van der Waals surface area contributed by atoms with Gasteiger partial charge >= 0.3 is 18.2 Å². The van der Waals surface area contributed by atoms with Crippen LogP contribution in [-0.2, 0) is 23.9 Å². The van der Waals surface area contributed by atoms with E-state index in [0.29, 0.717) is 24.3 Å². The molecule has 0 spiro atoms. The first kappa shape index (κ1) is 29.3. The van der Waals surface area contributed by atoms with E-state index in [-0.39, 0.29) is 12.8 Å². The molecule has 5 N–H and O–H groups in total. The van der Waals surface area contributed by atoms with Crippen molar-refractivity contribution in [2.24, 2.45) is 5.73 Å². The normalized spacial score (nSPS) is 16.9. The maximum atomic E-state index is 12.4. The molecule has 1 rings (SSSR count). The zero-order valence-electron chi connectivity index (χ0n) is 19.5. The van der Waals surface area contributed by atoms with Gasteiger partial charge in [0.2, 0.25) is 5.91 Å². The number of carboxylic acids is 1. The number of ether oxygens (including phenoxy) is 2. The van der Waals surface area contributed by atoms with Gasteiger partial charge in [-0.2, -0.15) is 4.90 Å². The highest BCUT2D eigenvalue weighted by atomic mass is 16.6. The average Bonchev–Trinajstić information content (AvgIpc) is 2.86. The van der Waals surface area contributed by atoms with Gasteiger partial charge in [0.1, 0.15) is 23.3 Å². The number of carbonyl (C=O) groups excluding carboxylic acids is 4. The van der Waals surface area contributed by atoms with Gasteiger partial charge in [-0.15, -0.1) is 0 Å². The molecular weight excluding hydrogens is 426 g/mol. The first-order valence-electron chi connectivity index (χ1n) is 10.2. The molecule has 0 saturated carbocycles. The summed E-state index contributed by atoms with van der Waals surface area (Å²) >= 11 is 0. The smallest absolute Gasteiger partial charge is 0.420 e. The molecular formula is C20H35N3O9. The fourth-order valence-corrected chi connectivity index (χ4v) is 2.34. The van der Waals surface area contributed by atoms with Crippen LogP contribution in [0.3, 0.4) is 0 Å². The standard InChI is InChI=1S/C16H30N2O6.C4H5NO3/c1-15(2,3)23-13(21)18(14(22)24-16(4,5)6)11(12(19)20)9-7-8-10-17;6-2-1-3(7)5-4(2)8/h11H,7-10,17H2,1-6H3,(H,19,20);2,6H,1H2,(H,5,7,8)/t11-;/m0./s1. The van der Waals surface area contributed by atoms with Gasteiger partial charge in [-0.1, -0.05) is 0 Å². The monoisotopic (exact) mass is 461 g/mol. The number of imide groups is 2. The van der Waals surface area contributed by atoms with E-state index in [1.807, 2.05) is 5.32 Å². The summed E-state index contributed by atoms with van der Waals surface area (Å²) in [5, 5.41) is 19.9. The fraction of sp³-hybridized carbons (Fsp3) is 0.750. The molecule has 32 heavy (non-hydrogen) atoms. The number of aliphatic hydroxyl groups is 1. The third kappa shape index (κ3) is 11.6. The molecule has 1 heterocycles. The quantitative estimate of drug-likeness (QED) is 0.330. The zero-order valence-corrected chi connectivity index (χ0v) is 19.5. The first-order chi connectivity index (χ1) is 14.5. The third-order valence-electron chi connectivity index (χ3n) is 3.65. The van der Waals surface area contributed by atoms with Crippen molar-refractivity contribution in [1.29, 1.82) is 0 Å². The highest BCUT2D eigenvalue weighted by Gasteiger charge is 2.40. The maximum Gasteiger partial charge on any atom is 0.420 e. The zero-order chi connectivity index (χ0) is 25.3. The van der Waals surface area contributed by atoms with Crippen LogP contribution in [0.15, 0.2) is 0 Å². The number of nitrogens with two attached hydrogens (primary N) is 1. The van der Waals surface area contributed by atoms with Crippen molar-refractivity contribution < 1.29 is 43.7 Å². The summed E-state index contributed by atoms with van der Waals surface area (Å²) < 4.78 is 10.3. The second-order valence-electron chi connectivity index (χ2n) is 9.10. The summed E-state index contributed by atoms with van der Waals surface area (Å²) in [7, 11) is 0. The van der Waals surface area contributed by atoms with Gasteiger partial charge in [-0.05, 0) is 67.3 Å². The van der Waals surface area contributed by atoms with Crippen LogP contribution in [0.25, 0.3) is 0 Å². The molecule has 2 atom stereocenters. The number of unbranched alkanes of at least 4 members (excludes halogenated alkanes) is 1. The number of carbonyl (C=O) groups is 5. The Kier molecular flexibility index (Phi) is 11.3. The van der Waals surface area contributed by atoms with Gasteiger partial charge < -0.3 is 25.4 Å². The summed E-state index contributed by atoms with van der Waals surface area (Å²) in [6, 6.07) is -1.37. The van der Waals surface area contributed by atoms with E-state index < -0.39 is 53.3 Å². The minimum absolute atomic E-state index is 0.0744.